The van der Waals surface area contributed by atoms with E-state index in [0.29, 0.717) is 39.4 Å². The molecule has 1 aliphatic heterocycles. The van der Waals surface area contributed by atoms with Crippen LogP contribution in [0.15, 0.2) is 52.4 Å². The van der Waals surface area contributed by atoms with E-state index in [9.17, 15) is 9.59 Å². The number of carbonyl (C=O) groups is 2. The largest absolute Gasteiger partial charge is 0.493 e. The Balaban J connectivity index is 1.93. The Kier molecular flexibility index (Phi) is 6.79. The predicted octanol–water partition coefficient (Wildman–Crippen LogP) is 4.11. The first-order chi connectivity index (χ1) is 14.5. The monoisotopic (exact) mass is 426 g/mol. The summed E-state index contributed by atoms with van der Waals surface area (Å²) in [5, 5.41) is 0.571. The Labute approximate surface area is 179 Å². The van der Waals surface area contributed by atoms with Crippen molar-refractivity contribution in [3.8, 4) is 11.5 Å². The average molecular weight is 426 g/mol. The van der Waals surface area contributed by atoms with Gasteiger partial charge in [0.1, 0.15) is 0 Å². The van der Waals surface area contributed by atoms with Crippen LogP contribution < -0.4 is 9.47 Å². The van der Waals surface area contributed by atoms with E-state index in [2.05, 4.69) is 4.99 Å². The third-order valence-corrected chi connectivity index (χ3v) is 5.44. The van der Waals surface area contributed by atoms with E-state index < -0.39 is 5.97 Å². The van der Waals surface area contributed by atoms with Crippen molar-refractivity contribution in [1.82, 2.24) is 4.90 Å². The molecule has 2 aromatic carbocycles. The highest BCUT2D eigenvalue weighted by molar-refractivity contribution is 8.18. The molecule has 1 aliphatic rings. The fourth-order valence-corrected chi connectivity index (χ4v) is 3.99. The number of thioether (sulfide) groups is 1. The molecule has 0 radical (unpaired) electrons. The normalized spacial score (nSPS) is 16.3. The number of amidine groups is 1. The minimum atomic E-state index is -0.410. The molecule has 1 heterocycles. The minimum Gasteiger partial charge on any atom is -0.493 e. The molecule has 1 fully saturated rings. The second kappa shape index (κ2) is 9.49. The molecule has 1 saturated heterocycles. The van der Waals surface area contributed by atoms with E-state index in [1.54, 1.807) is 55.5 Å². The van der Waals surface area contributed by atoms with E-state index in [0.717, 1.165) is 5.56 Å². The van der Waals surface area contributed by atoms with Gasteiger partial charge in [0.2, 0.25) is 0 Å². The number of nitrogens with zero attached hydrogens (tertiary/aromatic N) is 2. The number of carbonyl (C=O) groups excluding carboxylic acids is 2. The molecule has 0 bridgehead atoms. The molecule has 0 N–H and O–H groups in total. The summed E-state index contributed by atoms with van der Waals surface area (Å²) in [4.78, 5) is 31.2. The SMILES string of the molecule is CCN1C(=O)C(=Cc2cccc(OC)c2OC)SC1=Nc1ccc(C(=O)OC)cc1. The molecular weight excluding hydrogens is 404 g/mol. The van der Waals surface area contributed by atoms with Gasteiger partial charge in [-0.15, -0.1) is 0 Å². The highest BCUT2D eigenvalue weighted by Crippen LogP contribution is 2.38. The van der Waals surface area contributed by atoms with Crippen molar-refractivity contribution in [3.63, 3.8) is 0 Å². The van der Waals surface area contributed by atoms with Gasteiger partial charge in [0.05, 0.1) is 37.5 Å². The summed E-state index contributed by atoms with van der Waals surface area (Å²) >= 11 is 1.29. The van der Waals surface area contributed by atoms with Crippen LogP contribution in [0.3, 0.4) is 0 Å². The van der Waals surface area contributed by atoms with E-state index in [1.165, 1.54) is 18.9 Å². The molecule has 156 valence electrons. The van der Waals surface area contributed by atoms with Gasteiger partial charge < -0.3 is 14.2 Å². The van der Waals surface area contributed by atoms with Crippen LogP contribution in [-0.4, -0.2) is 49.8 Å². The number of para-hydroxylation sites is 1. The van der Waals surface area contributed by atoms with Gasteiger partial charge in [-0.05, 0) is 55.1 Å². The van der Waals surface area contributed by atoms with Gasteiger partial charge in [0, 0.05) is 12.1 Å². The first-order valence-corrected chi connectivity index (χ1v) is 10.0. The maximum Gasteiger partial charge on any atom is 0.337 e. The van der Waals surface area contributed by atoms with Crippen LogP contribution in [0.5, 0.6) is 11.5 Å². The second-order valence-electron chi connectivity index (χ2n) is 6.18. The van der Waals surface area contributed by atoms with Crippen LogP contribution in [0.2, 0.25) is 0 Å². The Hall–Kier alpha value is -3.26. The molecule has 3 rings (SSSR count). The fourth-order valence-electron chi connectivity index (χ4n) is 2.94. The first kappa shape index (κ1) is 21.4. The zero-order valence-electron chi connectivity index (χ0n) is 17.2. The molecule has 30 heavy (non-hydrogen) atoms. The van der Waals surface area contributed by atoms with Crippen LogP contribution in [0.1, 0.15) is 22.8 Å². The molecule has 1 amide bonds. The summed E-state index contributed by atoms with van der Waals surface area (Å²) < 4.78 is 15.5. The highest BCUT2D eigenvalue weighted by Gasteiger charge is 2.32. The molecular formula is C22H22N2O5S. The van der Waals surface area contributed by atoms with Crippen molar-refractivity contribution in [2.45, 2.75) is 6.92 Å². The van der Waals surface area contributed by atoms with Crippen LogP contribution in [0, 0.1) is 0 Å². The smallest absolute Gasteiger partial charge is 0.337 e. The van der Waals surface area contributed by atoms with E-state index in [-0.39, 0.29) is 5.91 Å². The number of esters is 1. The molecule has 0 aromatic heterocycles. The van der Waals surface area contributed by atoms with Gasteiger partial charge in [-0.2, -0.15) is 0 Å². The number of amides is 1. The van der Waals surface area contributed by atoms with Crippen LogP contribution in [-0.2, 0) is 9.53 Å². The predicted molar refractivity (Wildman–Crippen MR) is 117 cm³/mol. The number of ether oxygens (including phenoxy) is 3. The minimum absolute atomic E-state index is 0.127. The lowest BCUT2D eigenvalue weighted by atomic mass is 10.1. The molecule has 0 unspecified atom stereocenters. The lowest BCUT2D eigenvalue weighted by Gasteiger charge is -2.12. The fraction of sp³-hybridized carbons (Fsp3) is 0.227. The summed E-state index contributed by atoms with van der Waals surface area (Å²) in [6.07, 6.45) is 1.78. The number of likely N-dealkylation sites (N-methyl/N-ethyl adjacent to an activating group) is 1. The van der Waals surface area contributed by atoms with Gasteiger partial charge in [-0.1, -0.05) is 12.1 Å². The summed E-state index contributed by atoms with van der Waals surface area (Å²) in [5.74, 6) is 0.617. The van der Waals surface area contributed by atoms with E-state index in [4.69, 9.17) is 14.2 Å². The molecule has 2 aromatic rings. The van der Waals surface area contributed by atoms with Crippen molar-refractivity contribution in [2.75, 3.05) is 27.9 Å². The molecule has 0 spiro atoms. The molecule has 8 heteroatoms. The number of aliphatic imine (C=N–C) groups is 1. The second-order valence-corrected chi connectivity index (χ2v) is 7.18. The summed E-state index contributed by atoms with van der Waals surface area (Å²) in [6, 6.07) is 12.2. The molecule has 0 atom stereocenters. The molecule has 7 nitrogen and oxygen atoms in total. The third-order valence-electron chi connectivity index (χ3n) is 4.44. The van der Waals surface area contributed by atoms with Crippen molar-refractivity contribution < 1.29 is 23.8 Å². The van der Waals surface area contributed by atoms with E-state index in [1.807, 2.05) is 19.1 Å². The number of hydrogen-bond donors (Lipinski definition) is 0. The zero-order valence-corrected chi connectivity index (χ0v) is 18.0. The van der Waals surface area contributed by atoms with Crippen LogP contribution >= 0.6 is 11.8 Å². The summed E-state index contributed by atoms with van der Waals surface area (Å²) in [6.45, 7) is 2.38. The highest BCUT2D eigenvalue weighted by atomic mass is 32.2. The van der Waals surface area contributed by atoms with Crippen LogP contribution in [0.25, 0.3) is 6.08 Å². The van der Waals surface area contributed by atoms with Crippen LogP contribution in [0.4, 0.5) is 5.69 Å². The maximum absolute atomic E-state index is 12.9. The summed E-state index contributed by atoms with van der Waals surface area (Å²) in [5.41, 5.74) is 1.82. The number of hydrogen-bond acceptors (Lipinski definition) is 7. The van der Waals surface area contributed by atoms with Gasteiger partial charge in [0.25, 0.3) is 5.91 Å². The topological polar surface area (TPSA) is 77.4 Å². The van der Waals surface area contributed by atoms with Gasteiger partial charge in [-0.3, -0.25) is 9.69 Å². The quantitative estimate of drug-likeness (QED) is 0.511. The van der Waals surface area contributed by atoms with Crippen molar-refractivity contribution in [3.05, 3.63) is 58.5 Å². The van der Waals surface area contributed by atoms with E-state index >= 15 is 0 Å². The molecule has 0 saturated carbocycles. The van der Waals surface area contributed by atoms with Gasteiger partial charge in [0.15, 0.2) is 16.7 Å². The van der Waals surface area contributed by atoms with Crippen molar-refractivity contribution >= 4 is 40.6 Å². The van der Waals surface area contributed by atoms with Crippen molar-refractivity contribution in [2.24, 2.45) is 4.99 Å². The first-order valence-electron chi connectivity index (χ1n) is 9.21. The Morgan fingerprint density at radius 2 is 1.83 bits per heavy atom. The third kappa shape index (κ3) is 4.33. The molecule has 0 aliphatic carbocycles. The lowest BCUT2D eigenvalue weighted by Crippen LogP contribution is -2.28. The number of rotatable bonds is 6. The number of methoxy groups -OCH3 is 3. The maximum atomic E-state index is 12.9. The Bertz CT molecular complexity index is 1010. The lowest BCUT2D eigenvalue weighted by molar-refractivity contribution is -0.122. The zero-order chi connectivity index (χ0) is 21.7. The van der Waals surface area contributed by atoms with Gasteiger partial charge in [-0.25, -0.2) is 9.79 Å². The number of benzene rings is 2. The Morgan fingerprint density at radius 1 is 1.10 bits per heavy atom. The Morgan fingerprint density at radius 3 is 2.43 bits per heavy atom. The summed E-state index contributed by atoms with van der Waals surface area (Å²) in [7, 11) is 4.47. The standard InChI is InChI=1S/C22H22N2O5S/c1-5-24-20(25)18(13-15-7-6-8-17(27-2)19(15)28-3)30-22(24)23-16-11-9-14(10-12-16)21(26)29-4/h6-13H,5H2,1-4H3. The van der Waals surface area contributed by atoms with Gasteiger partial charge >= 0.3 is 5.97 Å². The van der Waals surface area contributed by atoms with Crippen molar-refractivity contribution in [1.29, 1.82) is 0 Å². The average Bonchev–Trinajstić information content (AvgIpc) is 3.07.